The Morgan fingerprint density at radius 3 is 2.59 bits per heavy atom. The molecule has 1 fully saturated rings. The minimum atomic E-state index is -0.00664. The van der Waals surface area contributed by atoms with Crippen molar-refractivity contribution in [1.29, 1.82) is 0 Å². The van der Waals surface area contributed by atoms with Crippen LogP contribution in [0.2, 0.25) is 10.0 Å². The van der Waals surface area contributed by atoms with Crippen molar-refractivity contribution in [2.24, 2.45) is 0 Å². The zero-order valence-electron chi connectivity index (χ0n) is 9.10. The van der Waals surface area contributed by atoms with Crippen LogP contribution >= 0.6 is 39.1 Å². The van der Waals surface area contributed by atoms with Gasteiger partial charge in [-0.1, -0.05) is 45.2 Å². The largest absolute Gasteiger partial charge is 0.350 e. The Morgan fingerprint density at radius 2 is 2.06 bits per heavy atom. The number of rotatable bonds is 4. The quantitative estimate of drug-likeness (QED) is 0.836. The standard InChI is InChI=1S/C12H12BrCl2NO/c13-7-12(3-4-12)16-11(17)6-8-1-2-9(14)10(15)5-8/h1-2,5H,3-4,6-7H2,(H,16,17). The maximum atomic E-state index is 11.8. The molecule has 2 rings (SSSR count). The molecular formula is C12H12BrCl2NO. The Bertz CT molecular complexity index is 446. The summed E-state index contributed by atoms with van der Waals surface area (Å²) >= 11 is 15.1. The highest BCUT2D eigenvalue weighted by atomic mass is 79.9. The molecule has 1 aromatic rings. The van der Waals surface area contributed by atoms with Crippen molar-refractivity contribution in [1.82, 2.24) is 5.32 Å². The van der Waals surface area contributed by atoms with E-state index in [1.54, 1.807) is 12.1 Å². The lowest BCUT2D eigenvalue weighted by Gasteiger charge is -2.14. The lowest BCUT2D eigenvalue weighted by molar-refractivity contribution is -0.121. The van der Waals surface area contributed by atoms with Crippen molar-refractivity contribution in [3.63, 3.8) is 0 Å². The van der Waals surface area contributed by atoms with Crippen LogP contribution in [0.4, 0.5) is 0 Å². The summed E-state index contributed by atoms with van der Waals surface area (Å²) in [5.41, 5.74) is 0.870. The molecule has 0 unspecified atom stereocenters. The van der Waals surface area contributed by atoms with Crippen LogP contribution in [0.25, 0.3) is 0 Å². The average molecular weight is 337 g/mol. The third kappa shape index (κ3) is 3.36. The van der Waals surface area contributed by atoms with Crippen molar-refractivity contribution >= 4 is 45.0 Å². The van der Waals surface area contributed by atoms with Crippen molar-refractivity contribution < 1.29 is 4.79 Å². The van der Waals surface area contributed by atoms with E-state index in [2.05, 4.69) is 21.2 Å². The van der Waals surface area contributed by atoms with Gasteiger partial charge in [-0.15, -0.1) is 0 Å². The Labute approximate surface area is 119 Å². The van der Waals surface area contributed by atoms with Gasteiger partial charge in [-0.05, 0) is 30.5 Å². The number of alkyl halides is 1. The van der Waals surface area contributed by atoms with E-state index in [0.717, 1.165) is 23.7 Å². The van der Waals surface area contributed by atoms with Crippen molar-refractivity contribution in [2.75, 3.05) is 5.33 Å². The van der Waals surface area contributed by atoms with Crippen molar-refractivity contribution in [3.05, 3.63) is 33.8 Å². The fourth-order valence-electron chi connectivity index (χ4n) is 1.62. The number of benzene rings is 1. The fraction of sp³-hybridized carbons (Fsp3) is 0.417. The summed E-state index contributed by atoms with van der Waals surface area (Å²) in [6, 6.07) is 5.27. The number of hydrogen-bond donors (Lipinski definition) is 1. The highest BCUT2D eigenvalue weighted by Gasteiger charge is 2.42. The van der Waals surface area contributed by atoms with Crippen LogP contribution in [0.3, 0.4) is 0 Å². The molecule has 2 nitrogen and oxygen atoms in total. The number of hydrogen-bond acceptors (Lipinski definition) is 1. The Balaban J connectivity index is 1.96. The molecule has 0 spiro atoms. The minimum Gasteiger partial charge on any atom is -0.350 e. The van der Waals surface area contributed by atoms with Crippen LogP contribution in [0, 0.1) is 0 Å². The summed E-state index contributed by atoms with van der Waals surface area (Å²) < 4.78 is 0. The van der Waals surface area contributed by atoms with Gasteiger partial charge in [0, 0.05) is 10.9 Å². The summed E-state index contributed by atoms with van der Waals surface area (Å²) in [7, 11) is 0. The monoisotopic (exact) mass is 335 g/mol. The molecule has 0 atom stereocenters. The lowest BCUT2D eigenvalue weighted by atomic mass is 10.1. The number of nitrogens with one attached hydrogen (secondary N) is 1. The van der Waals surface area contributed by atoms with Crippen molar-refractivity contribution in [3.8, 4) is 0 Å². The van der Waals surface area contributed by atoms with Crippen molar-refractivity contribution in [2.45, 2.75) is 24.8 Å². The predicted octanol–water partition coefficient (Wildman–Crippen LogP) is 3.58. The molecule has 1 N–H and O–H groups in total. The molecule has 1 aromatic carbocycles. The summed E-state index contributed by atoms with van der Waals surface area (Å²) in [4.78, 5) is 11.8. The van der Waals surface area contributed by atoms with E-state index >= 15 is 0 Å². The molecule has 5 heteroatoms. The average Bonchev–Trinajstić information content (AvgIpc) is 3.04. The molecule has 0 heterocycles. The molecule has 0 saturated heterocycles. The Morgan fingerprint density at radius 1 is 1.35 bits per heavy atom. The molecule has 17 heavy (non-hydrogen) atoms. The SMILES string of the molecule is O=C(Cc1ccc(Cl)c(Cl)c1)NC1(CBr)CC1. The van der Waals surface area contributed by atoms with E-state index < -0.39 is 0 Å². The zero-order valence-corrected chi connectivity index (χ0v) is 12.2. The third-order valence-electron chi connectivity index (χ3n) is 2.86. The smallest absolute Gasteiger partial charge is 0.224 e. The normalized spacial score (nSPS) is 16.6. The van der Waals surface area contributed by atoms with Gasteiger partial charge < -0.3 is 5.32 Å². The lowest BCUT2D eigenvalue weighted by Crippen LogP contribution is -2.38. The minimum absolute atomic E-state index is 0.00664. The highest BCUT2D eigenvalue weighted by molar-refractivity contribution is 9.09. The van der Waals surface area contributed by atoms with Crippen LogP contribution in [0.1, 0.15) is 18.4 Å². The molecule has 0 aliphatic heterocycles. The molecule has 0 aromatic heterocycles. The van der Waals surface area contributed by atoms with Gasteiger partial charge >= 0.3 is 0 Å². The summed E-state index contributed by atoms with van der Waals surface area (Å²) in [5.74, 6) is 0.0281. The summed E-state index contributed by atoms with van der Waals surface area (Å²) in [6.07, 6.45) is 2.43. The number of carbonyl (C=O) groups excluding carboxylic acids is 1. The maximum Gasteiger partial charge on any atom is 0.224 e. The summed E-state index contributed by atoms with van der Waals surface area (Å²) in [6.45, 7) is 0. The van der Waals surface area contributed by atoms with E-state index in [1.807, 2.05) is 6.07 Å². The highest BCUT2D eigenvalue weighted by Crippen LogP contribution is 2.36. The van der Waals surface area contributed by atoms with E-state index in [4.69, 9.17) is 23.2 Å². The second-order valence-corrected chi connectivity index (χ2v) is 5.76. The van der Waals surface area contributed by atoms with Gasteiger partial charge in [0.25, 0.3) is 0 Å². The first-order valence-electron chi connectivity index (χ1n) is 5.36. The van der Waals surface area contributed by atoms with Gasteiger partial charge in [0.1, 0.15) is 0 Å². The third-order valence-corrected chi connectivity index (χ3v) is 4.68. The number of halogens is 3. The summed E-state index contributed by atoms with van der Waals surface area (Å²) in [5, 5.41) is 4.84. The van der Waals surface area contributed by atoms with Crippen LogP contribution in [0.5, 0.6) is 0 Å². The molecule has 1 amide bonds. The molecule has 0 bridgehead atoms. The Hall–Kier alpha value is -0.250. The topological polar surface area (TPSA) is 29.1 Å². The first kappa shape index (κ1) is 13.2. The number of carbonyl (C=O) groups is 1. The fourth-order valence-corrected chi connectivity index (χ4v) is 2.64. The number of amides is 1. The van der Waals surface area contributed by atoms with E-state index in [-0.39, 0.29) is 11.4 Å². The first-order valence-corrected chi connectivity index (χ1v) is 7.23. The second-order valence-electron chi connectivity index (χ2n) is 4.39. The molecular weight excluding hydrogens is 325 g/mol. The van der Waals surface area contributed by atoms with E-state index in [9.17, 15) is 4.79 Å². The van der Waals surface area contributed by atoms with Gasteiger partial charge in [-0.2, -0.15) is 0 Å². The molecule has 1 aliphatic rings. The van der Waals surface area contributed by atoms with Gasteiger partial charge in [-0.3, -0.25) is 4.79 Å². The molecule has 1 aliphatic carbocycles. The van der Waals surface area contributed by atoms with Gasteiger partial charge in [-0.25, -0.2) is 0 Å². The first-order chi connectivity index (χ1) is 8.04. The van der Waals surface area contributed by atoms with Crippen LogP contribution in [-0.2, 0) is 11.2 Å². The zero-order chi connectivity index (χ0) is 12.5. The molecule has 0 radical (unpaired) electrons. The van der Waals surface area contributed by atoms with Crippen LogP contribution in [0.15, 0.2) is 18.2 Å². The van der Waals surface area contributed by atoms with E-state index in [0.29, 0.717) is 16.5 Å². The molecule has 92 valence electrons. The maximum absolute atomic E-state index is 11.8. The van der Waals surface area contributed by atoms with Gasteiger partial charge in [0.05, 0.1) is 16.5 Å². The van der Waals surface area contributed by atoms with Gasteiger partial charge in [0.15, 0.2) is 0 Å². The predicted molar refractivity (Wildman–Crippen MR) is 74.1 cm³/mol. The second kappa shape index (κ2) is 5.17. The van der Waals surface area contributed by atoms with Gasteiger partial charge in [0.2, 0.25) is 5.91 Å². The molecule has 1 saturated carbocycles. The Kier molecular flexibility index (Phi) is 4.01. The van der Waals surface area contributed by atoms with E-state index in [1.165, 1.54) is 0 Å². The van der Waals surface area contributed by atoms with Crippen LogP contribution in [-0.4, -0.2) is 16.8 Å². The van der Waals surface area contributed by atoms with Crippen LogP contribution < -0.4 is 5.32 Å².